The number of nitrogens with zero attached hydrogens (tertiary/aromatic N) is 3. The lowest BCUT2D eigenvalue weighted by Gasteiger charge is -2.38. The van der Waals surface area contributed by atoms with E-state index in [1.165, 1.54) is 28.5 Å². The number of piperidine rings is 1. The zero-order chi connectivity index (χ0) is 21.7. The van der Waals surface area contributed by atoms with Gasteiger partial charge < -0.3 is 25.4 Å². The second-order valence-electron chi connectivity index (χ2n) is 7.45. The molecule has 2 saturated heterocycles. The van der Waals surface area contributed by atoms with Crippen molar-refractivity contribution in [1.29, 1.82) is 0 Å². The second kappa shape index (κ2) is 10.5. The number of thiazole rings is 1. The molecule has 0 aliphatic carbocycles. The van der Waals surface area contributed by atoms with E-state index in [4.69, 9.17) is 15.6 Å². The average molecular weight is 457 g/mol. The molecule has 166 valence electrons. The molecule has 3 heterocycles. The Kier molecular flexibility index (Phi) is 7.95. The predicted molar refractivity (Wildman–Crippen MR) is 114 cm³/mol. The van der Waals surface area contributed by atoms with Crippen molar-refractivity contribution in [3.8, 4) is 0 Å². The molecule has 3 rings (SSSR count). The molecule has 1 aromatic rings. The molecule has 3 N–H and O–H groups in total. The van der Waals surface area contributed by atoms with Gasteiger partial charge in [0.15, 0.2) is 10.0 Å². The summed E-state index contributed by atoms with van der Waals surface area (Å²) in [5.41, 5.74) is 6.64. The van der Waals surface area contributed by atoms with Crippen molar-refractivity contribution in [2.75, 3.05) is 32.0 Å². The molecule has 1 aromatic heterocycles. The Morgan fingerprint density at radius 3 is 2.77 bits per heavy atom. The molecule has 0 saturated carbocycles. The van der Waals surface area contributed by atoms with Crippen molar-refractivity contribution in [1.82, 2.24) is 14.8 Å². The largest absolute Gasteiger partial charge is 0.476 e. The molecule has 0 aromatic carbocycles. The summed E-state index contributed by atoms with van der Waals surface area (Å²) in [5, 5.41) is 10.5. The lowest BCUT2D eigenvalue weighted by molar-refractivity contribution is -0.129. The van der Waals surface area contributed by atoms with E-state index >= 15 is 0 Å². The maximum Gasteiger partial charge on any atom is 0.409 e. The van der Waals surface area contributed by atoms with Crippen LogP contribution in [-0.2, 0) is 9.53 Å². The maximum atomic E-state index is 12.4. The number of nitrogens with two attached hydrogens (primary N) is 1. The Hall–Kier alpha value is -1.85. The van der Waals surface area contributed by atoms with Gasteiger partial charge in [0, 0.05) is 49.3 Å². The molecule has 2 atom stereocenters. The minimum Gasteiger partial charge on any atom is -0.476 e. The van der Waals surface area contributed by atoms with Crippen LogP contribution >= 0.6 is 23.1 Å². The van der Waals surface area contributed by atoms with Gasteiger partial charge in [0.05, 0.1) is 6.61 Å². The highest BCUT2D eigenvalue weighted by Gasteiger charge is 2.39. The molecule has 0 radical (unpaired) electrons. The van der Waals surface area contributed by atoms with E-state index in [1.807, 2.05) is 4.90 Å². The van der Waals surface area contributed by atoms with Gasteiger partial charge in [-0.05, 0) is 32.1 Å². The van der Waals surface area contributed by atoms with Crippen molar-refractivity contribution in [3.05, 3.63) is 11.1 Å². The normalized spacial score (nSPS) is 21.1. The molecule has 2 fully saturated rings. The van der Waals surface area contributed by atoms with Crippen LogP contribution in [0.1, 0.15) is 43.1 Å². The standard InChI is InChI=1S/C19H28N4O5S2/c1-2-28-19(27)22-7-5-12(6-8-22)16(20)14-3-4-15(24)23(14)9-10-29-18-21-13(11-30-18)17(25)26/h11-12,14,16H,2-10,20H2,1H3,(H,25,26)/t14-,16?/m1/s1. The molecule has 9 nitrogen and oxygen atoms in total. The summed E-state index contributed by atoms with van der Waals surface area (Å²) in [6.07, 6.45) is 2.61. The van der Waals surface area contributed by atoms with Crippen LogP contribution in [0, 0.1) is 5.92 Å². The quantitative estimate of drug-likeness (QED) is 0.570. The smallest absolute Gasteiger partial charge is 0.409 e. The molecule has 11 heteroatoms. The number of thioether (sulfide) groups is 1. The molecule has 30 heavy (non-hydrogen) atoms. The molecule has 1 unspecified atom stereocenters. The summed E-state index contributed by atoms with van der Waals surface area (Å²) in [6.45, 7) is 3.98. The molecule has 2 aliphatic rings. The summed E-state index contributed by atoms with van der Waals surface area (Å²) in [4.78, 5) is 42.9. The highest BCUT2D eigenvalue weighted by Crippen LogP contribution is 2.30. The van der Waals surface area contributed by atoms with Crippen molar-refractivity contribution in [2.24, 2.45) is 11.7 Å². The Labute approximate surface area is 183 Å². The van der Waals surface area contributed by atoms with Gasteiger partial charge in [0.2, 0.25) is 5.91 Å². The fourth-order valence-electron chi connectivity index (χ4n) is 4.10. The van der Waals surface area contributed by atoms with Crippen LogP contribution in [0.3, 0.4) is 0 Å². The topological polar surface area (TPSA) is 126 Å². The van der Waals surface area contributed by atoms with Crippen molar-refractivity contribution in [2.45, 2.75) is 49.0 Å². The van der Waals surface area contributed by atoms with Crippen LogP contribution < -0.4 is 5.73 Å². The Morgan fingerprint density at radius 1 is 1.40 bits per heavy atom. The van der Waals surface area contributed by atoms with Crippen LogP contribution in [0.15, 0.2) is 9.72 Å². The van der Waals surface area contributed by atoms with E-state index in [-0.39, 0.29) is 35.7 Å². The van der Waals surface area contributed by atoms with E-state index < -0.39 is 5.97 Å². The van der Waals surface area contributed by atoms with E-state index in [9.17, 15) is 14.4 Å². The van der Waals surface area contributed by atoms with E-state index in [2.05, 4.69) is 4.98 Å². The van der Waals surface area contributed by atoms with E-state index in [1.54, 1.807) is 11.8 Å². The first-order valence-corrected chi connectivity index (χ1v) is 12.1. The van der Waals surface area contributed by atoms with Gasteiger partial charge >= 0.3 is 12.1 Å². The number of ether oxygens (including phenoxy) is 1. The molecule has 0 spiro atoms. The predicted octanol–water partition coefficient (Wildman–Crippen LogP) is 2.12. The van der Waals surface area contributed by atoms with Crippen molar-refractivity contribution in [3.63, 3.8) is 0 Å². The number of aromatic nitrogens is 1. The fourth-order valence-corrected chi connectivity index (χ4v) is 5.90. The van der Waals surface area contributed by atoms with Crippen LogP contribution in [-0.4, -0.2) is 81.9 Å². The lowest BCUT2D eigenvalue weighted by Crippen LogP contribution is -2.52. The third kappa shape index (κ3) is 5.44. The number of aromatic carboxylic acids is 1. The number of amides is 2. The number of carbonyl (C=O) groups excluding carboxylic acids is 2. The number of likely N-dealkylation sites (tertiary alicyclic amines) is 2. The molecule has 2 amide bonds. The van der Waals surface area contributed by atoms with Crippen LogP contribution in [0.5, 0.6) is 0 Å². The first kappa shape index (κ1) is 22.8. The van der Waals surface area contributed by atoms with Gasteiger partial charge in [0.25, 0.3) is 0 Å². The van der Waals surface area contributed by atoms with Crippen molar-refractivity contribution < 1.29 is 24.2 Å². The fraction of sp³-hybridized carbons (Fsp3) is 0.684. The lowest BCUT2D eigenvalue weighted by atomic mass is 9.85. The number of carboxylic acids is 1. The summed E-state index contributed by atoms with van der Waals surface area (Å²) in [6, 6.07) is -0.118. The minimum atomic E-state index is -1.03. The average Bonchev–Trinajstić information content (AvgIpc) is 3.35. The summed E-state index contributed by atoms with van der Waals surface area (Å²) in [5.74, 6) is -0.0138. The monoisotopic (exact) mass is 456 g/mol. The zero-order valence-corrected chi connectivity index (χ0v) is 18.6. The number of carbonyl (C=O) groups is 3. The first-order chi connectivity index (χ1) is 14.4. The van der Waals surface area contributed by atoms with E-state index in [0.717, 1.165) is 19.3 Å². The van der Waals surface area contributed by atoms with Gasteiger partial charge in [-0.15, -0.1) is 11.3 Å². The van der Waals surface area contributed by atoms with Gasteiger partial charge in [-0.3, -0.25) is 4.79 Å². The maximum absolute atomic E-state index is 12.4. The van der Waals surface area contributed by atoms with Crippen LogP contribution in [0.25, 0.3) is 0 Å². The minimum absolute atomic E-state index is 0.00289. The Balaban J connectivity index is 1.50. The van der Waals surface area contributed by atoms with Crippen molar-refractivity contribution >= 4 is 41.1 Å². The van der Waals surface area contributed by atoms with Crippen LogP contribution in [0.2, 0.25) is 0 Å². The second-order valence-corrected chi connectivity index (χ2v) is 9.65. The summed E-state index contributed by atoms with van der Waals surface area (Å²) < 4.78 is 5.75. The molecular weight excluding hydrogens is 428 g/mol. The van der Waals surface area contributed by atoms with Gasteiger partial charge in [-0.2, -0.15) is 0 Å². The highest BCUT2D eigenvalue weighted by molar-refractivity contribution is 8.01. The molecule has 0 bridgehead atoms. The summed E-state index contributed by atoms with van der Waals surface area (Å²) in [7, 11) is 0. The number of carboxylic acid groups (broad SMARTS) is 1. The third-order valence-electron chi connectivity index (χ3n) is 5.69. The molecular formula is C19H28N4O5S2. The number of hydrogen-bond acceptors (Lipinski definition) is 8. The number of hydrogen-bond donors (Lipinski definition) is 2. The number of rotatable bonds is 8. The Bertz CT molecular complexity index is 766. The Morgan fingerprint density at radius 2 is 2.13 bits per heavy atom. The summed E-state index contributed by atoms with van der Waals surface area (Å²) >= 11 is 2.75. The highest BCUT2D eigenvalue weighted by atomic mass is 32.2. The van der Waals surface area contributed by atoms with Crippen LogP contribution in [0.4, 0.5) is 4.79 Å². The van der Waals surface area contributed by atoms with E-state index in [0.29, 0.717) is 42.8 Å². The van der Waals surface area contributed by atoms with Gasteiger partial charge in [0.1, 0.15) is 0 Å². The van der Waals surface area contributed by atoms with Gasteiger partial charge in [-0.25, -0.2) is 14.6 Å². The SMILES string of the molecule is CCOC(=O)N1CCC(C(N)[C@H]2CCC(=O)N2CCSc2nc(C(=O)O)cs2)CC1. The first-order valence-electron chi connectivity index (χ1n) is 10.2. The van der Waals surface area contributed by atoms with Gasteiger partial charge in [-0.1, -0.05) is 11.8 Å². The zero-order valence-electron chi connectivity index (χ0n) is 17.0. The third-order valence-corrected chi connectivity index (χ3v) is 7.69. The molecule has 2 aliphatic heterocycles.